The lowest BCUT2D eigenvalue weighted by atomic mass is 9.98. The highest BCUT2D eigenvalue weighted by atomic mass is 32.2. The molecule has 3 aromatic rings. The Bertz CT molecular complexity index is 1210. The van der Waals surface area contributed by atoms with Gasteiger partial charge in [0.2, 0.25) is 10.0 Å². The van der Waals surface area contributed by atoms with Crippen molar-refractivity contribution in [2.24, 2.45) is 5.92 Å². The van der Waals surface area contributed by atoms with E-state index in [9.17, 15) is 17.6 Å². The predicted molar refractivity (Wildman–Crippen MR) is 124 cm³/mol. The third kappa shape index (κ3) is 5.55. The van der Waals surface area contributed by atoms with Crippen molar-refractivity contribution in [1.82, 2.24) is 14.6 Å². The molecule has 4 rings (SSSR count). The van der Waals surface area contributed by atoms with E-state index in [-0.39, 0.29) is 17.6 Å². The Balaban J connectivity index is 1.33. The number of halogens is 1. The monoisotopic (exact) mass is 468 g/mol. The second-order valence-corrected chi connectivity index (χ2v) is 9.84. The lowest BCUT2D eigenvalue weighted by Gasteiger charge is -2.31. The minimum absolute atomic E-state index is 0.174. The van der Waals surface area contributed by atoms with Crippen LogP contribution in [0.15, 0.2) is 77.8 Å². The molecule has 1 amide bonds. The highest BCUT2D eigenvalue weighted by Gasteiger charge is 2.29. The van der Waals surface area contributed by atoms with E-state index < -0.39 is 10.0 Å². The van der Waals surface area contributed by atoms with Crippen molar-refractivity contribution in [3.8, 4) is 0 Å². The minimum Gasteiger partial charge on any atom is -0.352 e. The number of nitrogens with one attached hydrogen (secondary N) is 2. The third-order valence-corrected chi connectivity index (χ3v) is 7.56. The lowest BCUT2D eigenvalue weighted by Crippen LogP contribution is -2.41. The molecule has 1 aliphatic rings. The van der Waals surface area contributed by atoms with Gasteiger partial charge in [-0.2, -0.15) is 4.31 Å². The summed E-state index contributed by atoms with van der Waals surface area (Å²) in [5.74, 6) is -0.166. The number of pyridine rings is 1. The first-order chi connectivity index (χ1) is 15.9. The van der Waals surface area contributed by atoms with Gasteiger partial charge in [0.1, 0.15) is 11.6 Å². The summed E-state index contributed by atoms with van der Waals surface area (Å²) in [5, 5.41) is 5.92. The number of carbonyl (C=O) groups is 1. The van der Waals surface area contributed by atoms with E-state index in [1.807, 2.05) is 0 Å². The maximum absolute atomic E-state index is 13.5. The molecule has 9 heteroatoms. The van der Waals surface area contributed by atoms with Crippen LogP contribution in [0.4, 0.5) is 15.9 Å². The highest BCUT2D eigenvalue weighted by Crippen LogP contribution is 2.24. The van der Waals surface area contributed by atoms with Crippen LogP contribution in [0, 0.1) is 11.7 Å². The molecule has 0 bridgehead atoms. The predicted octanol–water partition coefficient (Wildman–Crippen LogP) is 3.80. The number of carbonyl (C=O) groups excluding carboxylic acids is 1. The molecule has 1 saturated heterocycles. The van der Waals surface area contributed by atoms with Crippen LogP contribution in [0.3, 0.4) is 0 Å². The molecule has 1 aliphatic heterocycles. The van der Waals surface area contributed by atoms with Crippen molar-refractivity contribution in [3.63, 3.8) is 0 Å². The quantitative estimate of drug-likeness (QED) is 0.551. The van der Waals surface area contributed by atoms with Crippen molar-refractivity contribution in [2.75, 3.05) is 25.0 Å². The van der Waals surface area contributed by atoms with Gasteiger partial charge in [0.15, 0.2) is 0 Å². The normalized spacial score (nSPS) is 15.2. The first-order valence-corrected chi connectivity index (χ1v) is 12.2. The zero-order valence-corrected chi connectivity index (χ0v) is 18.8. The molecule has 0 atom stereocenters. The number of hydrogen-bond donors (Lipinski definition) is 2. The molecule has 1 fully saturated rings. The smallest absolute Gasteiger partial charge is 0.255 e. The Kier molecular flexibility index (Phi) is 7.00. The van der Waals surface area contributed by atoms with Gasteiger partial charge in [0.25, 0.3) is 5.91 Å². The average Bonchev–Trinajstić information content (AvgIpc) is 2.84. The van der Waals surface area contributed by atoms with Crippen molar-refractivity contribution in [2.45, 2.75) is 17.7 Å². The van der Waals surface area contributed by atoms with Gasteiger partial charge in [-0.15, -0.1) is 0 Å². The van der Waals surface area contributed by atoms with E-state index in [1.54, 1.807) is 60.8 Å². The molecule has 2 N–H and O–H groups in total. The van der Waals surface area contributed by atoms with Crippen LogP contribution in [0.25, 0.3) is 0 Å². The molecule has 0 aliphatic carbocycles. The van der Waals surface area contributed by atoms with Crippen LogP contribution in [0.2, 0.25) is 0 Å². The maximum atomic E-state index is 13.5. The van der Waals surface area contributed by atoms with E-state index >= 15 is 0 Å². The number of nitrogens with zero attached hydrogens (tertiary/aromatic N) is 2. The topological polar surface area (TPSA) is 91.4 Å². The summed E-state index contributed by atoms with van der Waals surface area (Å²) in [6.45, 7) is 1.26. The lowest BCUT2D eigenvalue weighted by molar-refractivity contribution is 0.0942. The van der Waals surface area contributed by atoms with E-state index in [0.717, 1.165) is 0 Å². The van der Waals surface area contributed by atoms with Gasteiger partial charge in [-0.25, -0.2) is 17.8 Å². The molecule has 2 heterocycles. The largest absolute Gasteiger partial charge is 0.352 e. The first-order valence-electron chi connectivity index (χ1n) is 10.7. The van der Waals surface area contributed by atoms with Crippen LogP contribution in [-0.2, 0) is 10.0 Å². The fourth-order valence-corrected chi connectivity index (χ4v) is 5.31. The summed E-state index contributed by atoms with van der Waals surface area (Å²) < 4.78 is 40.5. The summed E-state index contributed by atoms with van der Waals surface area (Å²) in [5.41, 5.74) is 0.848. The van der Waals surface area contributed by atoms with Crippen molar-refractivity contribution in [1.29, 1.82) is 0 Å². The fraction of sp³-hybridized carbons (Fsp3) is 0.250. The average molecular weight is 469 g/mol. The Labute approximate surface area is 192 Å². The number of rotatable bonds is 7. The molecular formula is C24H25FN4O3S. The van der Waals surface area contributed by atoms with Crippen molar-refractivity contribution in [3.05, 3.63) is 84.3 Å². The van der Waals surface area contributed by atoms with Gasteiger partial charge < -0.3 is 10.6 Å². The van der Waals surface area contributed by atoms with Gasteiger partial charge in [-0.05, 0) is 61.2 Å². The number of sulfonamides is 1. The highest BCUT2D eigenvalue weighted by molar-refractivity contribution is 7.89. The molecule has 0 saturated carbocycles. The standard InChI is InChI=1S/C24H25FN4O3S/c25-19-6-4-7-20(16-19)28-23-22(10-5-13-26-23)24(30)27-17-18-11-14-29(15-12-18)33(31,32)21-8-2-1-3-9-21/h1-10,13,16,18H,11-12,14-15,17H2,(H,26,28)(H,27,30). The van der Waals surface area contributed by atoms with E-state index in [2.05, 4.69) is 15.6 Å². The van der Waals surface area contributed by atoms with Gasteiger partial charge in [-0.1, -0.05) is 24.3 Å². The van der Waals surface area contributed by atoms with Gasteiger partial charge in [-0.3, -0.25) is 4.79 Å². The van der Waals surface area contributed by atoms with E-state index in [0.29, 0.717) is 54.4 Å². The Morgan fingerprint density at radius 2 is 1.79 bits per heavy atom. The van der Waals surface area contributed by atoms with Gasteiger partial charge in [0.05, 0.1) is 10.5 Å². The van der Waals surface area contributed by atoms with Gasteiger partial charge >= 0.3 is 0 Å². The van der Waals surface area contributed by atoms with Gasteiger partial charge in [0, 0.05) is 31.5 Å². The Hall–Kier alpha value is -3.30. The number of hydrogen-bond acceptors (Lipinski definition) is 5. The number of amides is 1. The summed E-state index contributed by atoms with van der Waals surface area (Å²) in [4.78, 5) is 17.3. The molecule has 172 valence electrons. The molecule has 0 spiro atoms. The molecule has 0 radical (unpaired) electrons. The molecule has 33 heavy (non-hydrogen) atoms. The number of benzene rings is 2. The zero-order chi connectivity index (χ0) is 23.3. The van der Waals surface area contributed by atoms with Crippen molar-refractivity contribution < 1.29 is 17.6 Å². The van der Waals surface area contributed by atoms with Crippen LogP contribution in [0.1, 0.15) is 23.2 Å². The Morgan fingerprint density at radius 3 is 2.52 bits per heavy atom. The number of anilines is 2. The fourth-order valence-electron chi connectivity index (χ4n) is 3.82. The summed E-state index contributed by atoms with van der Waals surface area (Å²) >= 11 is 0. The van der Waals surface area contributed by atoms with Crippen LogP contribution in [-0.4, -0.2) is 43.2 Å². The summed E-state index contributed by atoms with van der Waals surface area (Å²) in [6, 6.07) is 17.7. The van der Waals surface area contributed by atoms with Crippen LogP contribution < -0.4 is 10.6 Å². The zero-order valence-electron chi connectivity index (χ0n) is 17.9. The second kappa shape index (κ2) is 10.1. The molecule has 1 aromatic heterocycles. The molecular weight excluding hydrogens is 443 g/mol. The summed E-state index contributed by atoms with van der Waals surface area (Å²) in [6.07, 6.45) is 2.88. The third-order valence-electron chi connectivity index (χ3n) is 5.65. The Morgan fingerprint density at radius 1 is 1.03 bits per heavy atom. The first kappa shape index (κ1) is 22.9. The SMILES string of the molecule is O=C(NCC1CCN(S(=O)(=O)c2ccccc2)CC1)c1cccnc1Nc1cccc(F)c1. The maximum Gasteiger partial charge on any atom is 0.255 e. The number of aromatic nitrogens is 1. The van der Waals surface area contributed by atoms with E-state index in [1.165, 1.54) is 16.4 Å². The summed E-state index contributed by atoms with van der Waals surface area (Å²) in [7, 11) is -3.50. The van der Waals surface area contributed by atoms with Crippen LogP contribution in [0.5, 0.6) is 0 Å². The van der Waals surface area contributed by atoms with Crippen LogP contribution >= 0.6 is 0 Å². The molecule has 2 aromatic carbocycles. The molecule has 7 nitrogen and oxygen atoms in total. The van der Waals surface area contributed by atoms with E-state index in [4.69, 9.17) is 0 Å². The van der Waals surface area contributed by atoms with Crippen molar-refractivity contribution >= 4 is 27.4 Å². The minimum atomic E-state index is -3.50. The second-order valence-electron chi connectivity index (χ2n) is 7.91. The number of piperidine rings is 1. The molecule has 0 unspecified atom stereocenters.